The highest BCUT2D eigenvalue weighted by Gasteiger charge is 2.50. The molecule has 3 rings (SSSR count). The zero-order valence-electron chi connectivity index (χ0n) is 19.8. The molecule has 2 aliphatic rings. The van der Waals surface area contributed by atoms with Crippen molar-refractivity contribution < 1.29 is 19.8 Å². The van der Waals surface area contributed by atoms with E-state index in [1.165, 1.54) is 0 Å². The molecule has 1 unspecified atom stereocenters. The van der Waals surface area contributed by atoms with Gasteiger partial charge in [0.1, 0.15) is 6.04 Å². The number of aliphatic hydroxyl groups is 2. The number of halogens is 1. The van der Waals surface area contributed by atoms with Crippen LogP contribution in [0.5, 0.6) is 0 Å². The van der Waals surface area contributed by atoms with Gasteiger partial charge in [0.25, 0.3) is 0 Å². The summed E-state index contributed by atoms with van der Waals surface area (Å²) < 4.78 is 0. The standard InChI is InChI=1S/C25H37ClN2O4/c1-16(2)20(27-21(29)17-10-11-24(5,31)14-17)22(30)28-13-12-25(32,23(3,4)15-28)18-6-8-19(26)9-7-18/h6-9,16-17,20,31-32H,10-15H2,1-5H3,(H,27,29)/t17-,20-,24?,25+/m1/s1. The third-order valence-electron chi connectivity index (χ3n) is 7.40. The average Bonchev–Trinajstić information content (AvgIpc) is 3.07. The summed E-state index contributed by atoms with van der Waals surface area (Å²) in [6.07, 6.45) is 2.04. The van der Waals surface area contributed by atoms with Crippen molar-refractivity contribution >= 4 is 23.4 Å². The number of hydrogen-bond acceptors (Lipinski definition) is 4. The maximum Gasteiger partial charge on any atom is 0.245 e. The summed E-state index contributed by atoms with van der Waals surface area (Å²) in [7, 11) is 0. The van der Waals surface area contributed by atoms with E-state index in [4.69, 9.17) is 11.6 Å². The van der Waals surface area contributed by atoms with Gasteiger partial charge in [-0.05, 0) is 56.2 Å². The lowest BCUT2D eigenvalue weighted by atomic mass is 9.66. The Bertz CT molecular complexity index is 852. The fourth-order valence-corrected chi connectivity index (χ4v) is 5.32. The number of hydrogen-bond donors (Lipinski definition) is 3. The fraction of sp³-hybridized carbons (Fsp3) is 0.680. The van der Waals surface area contributed by atoms with E-state index in [0.717, 1.165) is 5.56 Å². The number of amides is 2. The monoisotopic (exact) mass is 464 g/mol. The Kier molecular flexibility index (Phi) is 7.00. The number of nitrogens with zero attached hydrogens (tertiary/aromatic N) is 1. The summed E-state index contributed by atoms with van der Waals surface area (Å²) in [5.41, 5.74) is -1.70. The number of benzene rings is 1. The molecule has 178 valence electrons. The predicted octanol–water partition coefficient (Wildman–Crippen LogP) is 3.48. The average molecular weight is 465 g/mol. The minimum Gasteiger partial charge on any atom is -0.390 e. The van der Waals surface area contributed by atoms with Gasteiger partial charge >= 0.3 is 0 Å². The molecular weight excluding hydrogens is 428 g/mol. The summed E-state index contributed by atoms with van der Waals surface area (Å²) in [5.74, 6) is -0.631. The molecule has 2 fully saturated rings. The van der Waals surface area contributed by atoms with Gasteiger partial charge in [-0.15, -0.1) is 0 Å². The van der Waals surface area contributed by atoms with Gasteiger partial charge in [-0.25, -0.2) is 0 Å². The van der Waals surface area contributed by atoms with Crippen LogP contribution < -0.4 is 5.32 Å². The van der Waals surface area contributed by atoms with Gasteiger partial charge in [-0.2, -0.15) is 0 Å². The van der Waals surface area contributed by atoms with Gasteiger partial charge in [0.2, 0.25) is 11.8 Å². The molecule has 1 heterocycles. The van der Waals surface area contributed by atoms with Gasteiger partial charge in [0.05, 0.1) is 11.2 Å². The van der Waals surface area contributed by atoms with Crippen molar-refractivity contribution in [3.63, 3.8) is 0 Å². The zero-order chi connectivity index (χ0) is 23.9. The lowest BCUT2D eigenvalue weighted by molar-refractivity contribution is -0.157. The topological polar surface area (TPSA) is 89.9 Å². The van der Waals surface area contributed by atoms with Crippen molar-refractivity contribution in [2.75, 3.05) is 13.1 Å². The largest absolute Gasteiger partial charge is 0.390 e. The molecule has 6 nitrogen and oxygen atoms in total. The first-order valence-corrected chi connectivity index (χ1v) is 11.9. The summed E-state index contributed by atoms with van der Waals surface area (Å²) in [6.45, 7) is 10.3. The highest BCUT2D eigenvalue weighted by molar-refractivity contribution is 6.30. The molecular formula is C25H37ClN2O4. The Morgan fingerprint density at radius 2 is 1.75 bits per heavy atom. The van der Waals surface area contributed by atoms with Crippen molar-refractivity contribution in [2.45, 2.75) is 77.5 Å². The van der Waals surface area contributed by atoms with Crippen LogP contribution in [0.2, 0.25) is 5.02 Å². The summed E-state index contributed by atoms with van der Waals surface area (Å²) in [5, 5.41) is 25.3. The third-order valence-corrected chi connectivity index (χ3v) is 7.65. The Morgan fingerprint density at radius 1 is 1.12 bits per heavy atom. The highest BCUT2D eigenvalue weighted by Crippen LogP contribution is 2.46. The van der Waals surface area contributed by atoms with E-state index in [1.54, 1.807) is 24.0 Å². The molecule has 2 amide bonds. The molecule has 3 N–H and O–H groups in total. The number of carbonyl (C=O) groups is 2. The van der Waals surface area contributed by atoms with Gasteiger partial charge < -0.3 is 20.4 Å². The molecule has 1 aliphatic heterocycles. The minimum atomic E-state index is -1.08. The SMILES string of the molecule is CC(C)[C@@H](NC(=O)[C@@H]1CCC(C)(O)C1)C(=O)N1CC[C@](O)(c2ccc(Cl)cc2)C(C)(C)C1. The number of likely N-dealkylation sites (tertiary alicyclic amines) is 1. The normalized spacial score (nSPS) is 30.9. The lowest BCUT2D eigenvalue weighted by Crippen LogP contribution is -2.60. The molecule has 32 heavy (non-hydrogen) atoms. The molecule has 0 radical (unpaired) electrons. The van der Waals surface area contributed by atoms with Crippen molar-refractivity contribution in [3.8, 4) is 0 Å². The molecule has 0 aromatic heterocycles. The molecule has 7 heteroatoms. The zero-order valence-corrected chi connectivity index (χ0v) is 20.6. The molecule has 1 aromatic carbocycles. The van der Waals surface area contributed by atoms with Gasteiger partial charge in [0, 0.05) is 29.4 Å². The molecule has 1 aliphatic carbocycles. The van der Waals surface area contributed by atoms with Crippen molar-refractivity contribution in [1.29, 1.82) is 0 Å². The first kappa shape index (κ1) is 25.0. The molecule has 0 bridgehead atoms. The third kappa shape index (κ3) is 4.97. The molecule has 1 saturated heterocycles. The highest BCUT2D eigenvalue weighted by atomic mass is 35.5. The van der Waals surface area contributed by atoms with E-state index >= 15 is 0 Å². The van der Waals surface area contributed by atoms with E-state index in [1.807, 2.05) is 39.8 Å². The molecule has 1 aromatic rings. The number of piperidine rings is 1. The Hall–Kier alpha value is -1.63. The molecule has 4 atom stereocenters. The van der Waals surface area contributed by atoms with Gasteiger partial charge in [-0.3, -0.25) is 9.59 Å². The van der Waals surface area contributed by atoms with E-state index in [9.17, 15) is 19.8 Å². The van der Waals surface area contributed by atoms with E-state index < -0.39 is 22.7 Å². The van der Waals surface area contributed by atoms with E-state index in [-0.39, 0.29) is 23.7 Å². The van der Waals surface area contributed by atoms with Crippen LogP contribution in [0.4, 0.5) is 0 Å². The maximum atomic E-state index is 13.5. The van der Waals surface area contributed by atoms with Crippen molar-refractivity contribution in [1.82, 2.24) is 10.2 Å². The van der Waals surface area contributed by atoms with Crippen LogP contribution in [0, 0.1) is 17.3 Å². The van der Waals surface area contributed by atoms with Crippen LogP contribution >= 0.6 is 11.6 Å². The summed E-state index contributed by atoms with van der Waals surface area (Å²) in [6, 6.07) is 6.59. The fourth-order valence-electron chi connectivity index (χ4n) is 5.20. The van der Waals surface area contributed by atoms with E-state index in [0.29, 0.717) is 43.8 Å². The van der Waals surface area contributed by atoms with Crippen molar-refractivity contribution in [2.24, 2.45) is 17.3 Å². The first-order chi connectivity index (χ1) is 14.8. The quantitative estimate of drug-likeness (QED) is 0.622. The Morgan fingerprint density at radius 3 is 2.25 bits per heavy atom. The van der Waals surface area contributed by atoms with Crippen LogP contribution in [-0.4, -0.2) is 51.7 Å². The summed E-state index contributed by atoms with van der Waals surface area (Å²) in [4.78, 5) is 28.1. The number of rotatable bonds is 5. The molecule has 0 spiro atoms. The lowest BCUT2D eigenvalue weighted by Gasteiger charge is -2.51. The predicted molar refractivity (Wildman–Crippen MR) is 125 cm³/mol. The smallest absolute Gasteiger partial charge is 0.245 e. The van der Waals surface area contributed by atoms with Crippen LogP contribution in [0.1, 0.15) is 65.9 Å². The van der Waals surface area contributed by atoms with Gasteiger partial charge in [-0.1, -0.05) is 51.4 Å². The summed E-state index contributed by atoms with van der Waals surface area (Å²) >= 11 is 6.02. The minimum absolute atomic E-state index is 0.0754. The number of nitrogens with one attached hydrogen (secondary N) is 1. The number of carbonyl (C=O) groups excluding carboxylic acids is 2. The second-order valence-electron chi connectivity index (χ2n) is 10.9. The van der Waals surface area contributed by atoms with Crippen LogP contribution in [-0.2, 0) is 15.2 Å². The Labute approximate surface area is 196 Å². The maximum absolute atomic E-state index is 13.5. The van der Waals surface area contributed by atoms with Gasteiger partial charge in [0.15, 0.2) is 0 Å². The van der Waals surface area contributed by atoms with Crippen LogP contribution in [0.15, 0.2) is 24.3 Å². The van der Waals surface area contributed by atoms with Crippen LogP contribution in [0.3, 0.4) is 0 Å². The van der Waals surface area contributed by atoms with Crippen LogP contribution in [0.25, 0.3) is 0 Å². The van der Waals surface area contributed by atoms with E-state index in [2.05, 4.69) is 5.32 Å². The Balaban J connectivity index is 1.72. The molecule has 1 saturated carbocycles. The van der Waals surface area contributed by atoms with Crippen molar-refractivity contribution in [3.05, 3.63) is 34.9 Å². The second-order valence-corrected chi connectivity index (χ2v) is 11.4. The second kappa shape index (κ2) is 8.96. The first-order valence-electron chi connectivity index (χ1n) is 11.6.